The Balaban J connectivity index is 1.51. The number of rotatable bonds is 5. The number of nitrogens with zero attached hydrogens (tertiary/aromatic N) is 5. The number of aryl methyl sites for hydroxylation is 2. The van der Waals surface area contributed by atoms with Gasteiger partial charge in [-0.3, -0.25) is 4.68 Å². The second kappa shape index (κ2) is 7.39. The van der Waals surface area contributed by atoms with Gasteiger partial charge in [0.2, 0.25) is 0 Å². The lowest BCUT2D eigenvalue weighted by Gasteiger charge is -2.07. The van der Waals surface area contributed by atoms with Crippen LogP contribution in [-0.4, -0.2) is 37.3 Å². The van der Waals surface area contributed by atoms with E-state index in [1.54, 1.807) is 23.1 Å². The van der Waals surface area contributed by atoms with E-state index in [4.69, 9.17) is 0 Å². The minimum atomic E-state index is -0.249. The molecule has 0 saturated heterocycles. The van der Waals surface area contributed by atoms with Gasteiger partial charge in [-0.1, -0.05) is 0 Å². The monoisotopic (exact) mass is 357 g/mol. The second-order valence-corrected chi connectivity index (χ2v) is 6.37. The van der Waals surface area contributed by atoms with Crippen LogP contribution < -0.4 is 10.6 Å². The summed E-state index contributed by atoms with van der Waals surface area (Å²) in [5, 5.41) is 12.7. The van der Waals surface area contributed by atoms with E-state index >= 15 is 0 Å². The Morgan fingerprint density at radius 3 is 2.72 bits per heavy atom. The van der Waals surface area contributed by atoms with E-state index in [1.165, 1.54) is 11.3 Å². The molecule has 0 aromatic carbocycles. The summed E-state index contributed by atoms with van der Waals surface area (Å²) >= 11 is 1.50. The second-order valence-electron chi connectivity index (χ2n) is 5.52. The first-order valence-electron chi connectivity index (χ1n) is 7.81. The number of hydrogen-bond donors (Lipinski definition) is 2. The smallest absolute Gasteiger partial charge is 0.319 e. The summed E-state index contributed by atoms with van der Waals surface area (Å²) in [7, 11) is 1.85. The van der Waals surface area contributed by atoms with Gasteiger partial charge in [0.1, 0.15) is 0 Å². The molecule has 0 fully saturated rings. The van der Waals surface area contributed by atoms with Crippen molar-refractivity contribution < 1.29 is 4.79 Å². The van der Waals surface area contributed by atoms with Gasteiger partial charge in [0.05, 0.1) is 22.8 Å². The first-order chi connectivity index (χ1) is 12.0. The Bertz CT molecular complexity index is 872. The van der Waals surface area contributed by atoms with Crippen molar-refractivity contribution in [1.82, 2.24) is 30.0 Å². The molecule has 130 valence electrons. The predicted octanol–water partition coefficient (Wildman–Crippen LogP) is 2.31. The van der Waals surface area contributed by atoms with Gasteiger partial charge in [-0.15, -0.1) is 11.3 Å². The van der Waals surface area contributed by atoms with Gasteiger partial charge in [-0.05, 0) is 19.9 Å². The molecule has 3 aromatic heterocycles. The maximum Gasteiger partial charge on any atom is 0.319 e. The van der Waals surface area contributed by atoms with Gasteiger partial charge in [0.25, 0.3) is 0 Å². The summed E-state index contributed by atoms with van der Waals surface area (Å²) in [5.74, 6) is 0.618. The van der Waals surface area contributed by atoms with Crippen molar-refractivity contribution in [2.24, 2.45) is 7.05 Å². The predicted molar refractivity (Wildman–Crippen MR) is 96.5 cm³/mol. The van der Waals surface area contributed by atoms with Crippen LogP contribution >= 0.6 is 11.3 Å². The third kappa shape index (κ3) is 4.00. The fourth-order valence-corrected chi connectivity index (χ4v) is 3.15. The molecule has 0 bridgehead atoms. The van der Waals surface area contributed by atoms with Crippen molar-refractivity contribution in [2.75, 3.05) is 11.9 Å². The number of anilines is 1. The van der Waals surface area contributed by atoms with E-state index in [2.05, 4.69) is 30.7 Å². The molecule has 0 aliphatic heterocycles. The Kier molecular flexibility index (Phi) is 5.03. The molecule has 0 spiro atoms. The number of urea groups is 1. The highest BCUT2D eigenvalue weighted by atomic mass is 32.1. The number of nitrogens with one attached hydrogen (secondary N) is 2. The highest BCUT2D eigenvalue weighted by molar-refractivity contribution is 7.13. The van der Waals surface area contributed by atoms with Gasteiger partial charge in [-0.2, -0.15) is 5.10 Å². The fourth-order valence-electron chi connectivity index (χ4n) is 2.35. The Labute approximate surface area is 149 Å². The standard InChI is InChI=1S/C16H19N7OS/c1-10-13(11(2)23(3)22-10)21-16(24)19-8-5-12-9-25-15(20-12)14-17-6-4-7-18-14/h4,6-7,9H,5,8H2,1-3H3,(H2,19,21,24). The minimum Gasteiger partial charge on any atom is -0.337 e. The molecule has 3 rings (SSSR count). The topological polar surface area (TPSA) is 97.6 Å². The summed E-state index contributed by atoms with van der Waals surface area (Å²) in [6.45, 7) is 4.27. The number of aromatic nitrogens is 5. The van der Waals surface area contributed by atoms with Crippen molar-refractivity contribution >= 4 is 23.1 Å². The van der Waals surface area contributed by atoms with Crippen LogP contribution in [0, 0.1) is 13.8 Å². The number of carbonyl (C=O) groups is 1. The van der Waals surface area contributed by atoms with Crippen molar-refractivity contribution in [3.8, 4) is 10.8 Å². The molecule has 25 heavy (non-hydrogen) atoms. The van der Waals surface area contributed by atoms with Gasteiger partial charge in [0.15, 0.2) is 10.8 Å². The lowest BCUT2D eigenvalue weighted by molar-refractivity contribution is 0.252. The lowest BCUT2D eigenvalue weighted by atomic mass is 10.3. The molecule has 2 N–H and O–H groups in total. The first-order valence-corrected chi connectivity index (χ1v) is 8.69. The van der Waals surface area contributed by atoms with Crippen molar-refractivity contribution in [2.45, 2.75) is 20.3 Å². The van der Waals surface area contributed by atoms with Crippen LogP contribution in [0.25, 0.3) is 10.8 Å². The number of hydrogen-bond acceptors (Lipinski definition) is 6. The van der Waals surface area contributed by atoms with Crippen LogP contribution in [0.4, 0.5) is 10.5 Å². The summed E-state index contributed by atoms with van der Waals surface area (Å²) in [4.78, 5) is 24.9. The van der Waals surface area contributed by atoms with Gasteiger partial charge < -0.3 is 10.6 Å². The Morgan fingerprint density at radius 1 is 1.28 bits per heavy atom. The molecule has 9 heteroatoms. The largest absolute Gasteiger partial charge is 0.337 e. The SMILES string of the molecule is Cc1nn(C)c(C)c1NC(=O)NCCc1csc(-c2ncccn2)n1. The van der Waals surface area contributed by atoms with Crippen LogP contribution in [-0.2, 0) is 13.5 Å². The summed E-state index contributed by atoms with van der Waals surface area (Å²) in [5.41, 5.74) is 3.36. The van der Waals surface area contributed by atoms with Gasteiger partial charge >= 0.3 is 6.03 Å². The van der Waals surface area contributed by atoms with Crippen LogP contribution in [0.15, 0.2) is 23.8 Å². The average Bonchev–Trinajstić information content (AvgIpc) is 3.16. The summed E-state index contributed by atoms with van der Waals surface area (Å²) in [6.07, 6.45) is 4.02. The number of amides is 2. The van der Waals surface area contributed by atoms with E-state index in [0.29, 0.717) is 18.8 Å². The zero-order valence-corrected chi connectivity index (χ0v) is 15.1. The van der Waals surface area contributed by atoms with Crippen LogP contribution in [0.2, 0.25) is 0 Å². The molecule has 3 aromatic rings. The van der Waals surface area contributed by atoms with Crippen molar-refractivity contribution in [3.05, 3.63) is 40.9 Å². The van der Waals surface area contributed by atoms with Crippen molar-refractivity contribution in [1.29, 1.82) is 0 Å². The van der Waals surface area contributed by atoms with E-state index in [1.807, 2.05) is 26.3 Å². The highest BCUT2D eigenvalue weighted by Gasteiger charge is 2.12. The zero-order chi connectivity index (χ0) is 17.8. The highest BCUT2D eigenvalue weighted by Crippen LogP contribution is 2.20. The van der Waals surface area contributed by atoms with Crippen molar-refractivity contribution in [3.63, 3.8) is 0 Å². The molecule has 3 heterocycles. The molecule has 0 aliphatic rings. The first kappa shape index (κ1) is 17.0. The molecule has 0 radical (unpaired) electrons. The normalized spacial score (nSPS) is 10.7. The molecular weight excluding hydrogens is 338 g/mol. The number of carbonyl (C=O) groups excluding carboxylic acids is 1. The fraction of sp³-hybridized carbons (Fsp3) is 0.312. The minimum absolute atomic E-state index is 0.249. The maximum absolute atomic E-state index is 12.0. The maximum atomic E-state index is 12.0. The average molecular weight is 357 g/mol. The zero-order valence-electron chi connectivity index (χ0n) is 14.3. The van der Waals surface area contributed by atoms with Gasteiger partial charge in [0, 0.05) is 37.8 Å². The number of thiazole rings is 1. The molecule has 8 nitrogen and oxygen atoms in total. The van der Waals surface area contributed by atoms with Gasteiger partial charge in [-0.25, -0.2) is 19.7 Å². The third-order valence-corrected chi connectivity index (χ3v) is 4.61. The van der Waals surface area contributed by atoms with Crippen LogP contribution in [0.3, 0.4) is 0 Å². The molecule has 0 atom stereocenters. The quantitative estimate of drug-likeness (QED) is 0.730. The van der Waals surface area contributed by atoms with E-state index < -0.39 is 0 Å². The lowest BCUT2D eigenvalue weighted by Crippen LogP contribution is -2.30. The van der Waals surface area contributed by atoms with E-state index in [-0.39, 0.29) is 6.03 Å². The molecule has 0 saturated carbocycles. The Morgan fingerprint density at radius 2 is 2.04 bits per heavy atom. The van der Waals surface area contributed by atoms with Crippen LogP contribution in [0.5, 0.6) is 0 Å². The Hall–Kier alpha value is -2.81. The molecule has 0 aliphatic carbocycles. The third-order valence-electron chi connectivity index (χ3n) is 3.72. The van der Waals surface area contributed by atoms with Crippen LogP contribution in [0.1, 0.15) is 17.1 Å². The summed E-state index contributed by atoms with van der Waals surface area (Å²) < 4.78 is 1.74. The van der Waals surface area contributed by atoms with E-state index in [9.17, 15) is 4.79 Å². The summed E-state index contributed by atoms with van der Waals surface area (Å²) in [6, 6.07) is 1.52. The van der Waals surface area contributed by atoms with E-state index in [0.717, 1.165) is 27.8 Å². The molecule has 0 unspecified atom stereocenters. The molecular formula is C16H19N7OS. The molecule has 2 amide bonds.